The third-order valence-electron chi connectivity index (χ3n) is 4.26. The van der Waals surface area contributed by atoms with Crippen LogP contribution in [0.4, 0.5) is 20.4 Å². The average molecular weight is 376 g/mol. The number of rotatable bonds is 5. The fraction of sp³-hybridized carbons (Fsp3) is 0.421. The first-order valence-electron chi connectivity index (χ1n) is 8.99. The standard InChI is InChI=1S/C19H22F2N4O2/c1-13-10-18(24-19(22-13)25-8-4-2-3-5-9-25)27-12-17(26)23-16-7-6-14(20)11-15(16)21/h6-7,10-11H,2-5,8-9,12H2,1H3,(H,23,26). The Kier molecular flexibility index (Phi) is 6.16. The van der Waals surface area contributed by atoms with Gasteiger partial charge in [-0.1, -0.05) is 12.8 Å². The van der Waals surface area contributed by atoms with Crippen LogP contribution in [0.2, 0.25) is 0 Å². The molecular formula is C19H22F2N4O2. The molecule has 1 aliphatic rings. The minimum Gasteiger partial charge on any atom is -0.467 e. The van der Waals surface area contributed by atoms with E-state index in [2.05, 4.69) is 20.2 Å². The van der Waals surface area contributed by atoms with Gasteiger partial charge in [-0.25, -0.2) is 13.8 Å². The molecule has 0 radical (unpaired) electrons. The van der Waals surface area contributed by atoms with Crippen LogP contribution in [0.25, 0.3) is 0 Å². The molecule has 0 unspecified atom stereocenters. The van der Waals surface area contributed by atoms with Crippen LogP contribution in [0, 0.1) is 18.6 Å². The zero-order valence-electron chi connectivity index (χ0n) is 15.2. The Labute approximate surface area is 156 Å². The molecule has 0 saturated carbocycles. The third kappa shape index (κ3) is 5.35. The first-order valence-corrected chi connectivity index (χ1v) is 8.99. The maximum absolute atomic E-state index is 13.6. The van der Waals surface area contributed by atoms with E-state index in [1.54, 1.807) is 6.07 Å². The lowest BCUT2D eigenvalue weighted by Crippen LogP contribution is -2.27. The molecule has 1 aromatic carbocycles. The van der Waals surface area contributed by atoms with Gasteiger partial charge >= 0.3 is 0 Å². The van der Waals surface area contributed by atoms with Gasteiger partial charge in [0.25, 0.3) is 5.91 Å². The van der Waals surface area contributed by atoms with E-state index in [0.29, 0.717) is 12.0 Å². The van der Waals surface area contributed by atoms with E-state index in [1.807, 2.05) is 6.92 Å². The van der Waals surface area contributed by atoms with Crippen molar-refractivity contribution in [1.82, 2.24) is 9.97 Å². The Hall–Kier alpha value is -2.77. The number of aromatic nitrogens is 2. The van der Waals surface area contributed by atoms with Crippen LogP contribution in [0.15, 0.2) is 24.3 Å². The first-order chi connectivity index (χ1) is 13.0. The Morgan fingerprint density at radius 3 is 2.59 bits per heavy atom. The molecule has 2 aromatic rings. The van der Waals surface area contributed by atoms with E-state index in [0.717, 1.165) is 43.8 Å². The van der Waals surface area contributed by atoms with Gasteiger partial charge < -0.3 is 15.0 Å². The lowest BCUT2D eigenvalue weighted by Gasteiger charge is -2.21. The van der Waals surface area contributed by atoms with Crippen LogP contribution in [-0.4, -0.2) is 35.6 Å². The van der Waals surface area contributed by atoms with Gasteiger partial charge in [0, 0.05) is 30.9 Å². The number of carbonyl (C=O) groups is 1. The summed E-state index contributed by atoms with van der Waals surface area (Å²) in [6, 6.07) is 4.58. The van der Waals surface area contributed by atoms with E-state index in [-0.39, 0.29) is 18.2 Å². The number of hydrogen-bond donors (Lipinski definition) is 1. The van der Waals surface area contributed by atoms with Crippen LogP contribution >= 0.6 is 0 Å². The van der Waals surface area contributed by atoms with Gasteiger partial charge in [0.2, 0.25) is 11.8 Å². The Bertz CT molecular complexity index is 808. The van der Waals surface area contributed by atoms with Crippen molar-refractivity contribution in [1.29, 1.82) is 0 Å². The number of amides is 1. The summed E-state index contributed by atoms with van der Waals surface area (Å²) in [6.07, 6.45) is 4.59. The second-order valence-corrected chi connectivity index (χ2v) is 6.51. The summed E-state index contributed by atoms with van der Waals surface area (Å²) in [5, 5.41) is 2.35. The fourth-order valence-electron chi connectivity index (χ4n) is 2.93. The van der Waals surface area contributed by atoms with Crippen molar-refractivity contribution in [2.75, 3.05) is 29.9 Å². The summed E-state index contributed by atoms with van der Waals surface area (Å²) in [5.41, 5.74) is 0.637. The van der Waals surface area contributed by atoms with Crippen LogP contribution < -0.4 is 15.0 Å². The van der Waals surface area contributed by atoms with Crippen LogP contribution in [0.3, 0.4) is 0 Å². The van der Waals surface area contributed by atoms with Crippen molar-refractivity contribution in [3.63, 3.8) is 0 Å². The molecule has 1 saturated heterocycles. The van der Waals surface area contributed by atoms with Gasteiger partial charge in [-0.3, -0.25) is 4.79 Å². The van der Waals surface area contributed by atoms with E-state index in [4.69, 9.17) is 4.74 Å². The van der Waals surface area contributed by atoms with E-state index in [1.165, 1.54) is 12.8 Å². The van der Waals surface area contributed by atoms with Crippen molar-refractivity contribution < 1.29 is 18.3 Å². The molecule has 1 aromatic heterocycles. The van der Waals surface area contributed by atoms with Gasteiger partial charge in [-0.15, -0.1) is 0 Å². The summed E-state index contributed by atoms with van der Waals surface area (Å²) >= 11 is 0. The van der Waals surface area contributed by atoms with Crippen molar-refractivity contribution in [3.8, 4) is 5.88 Å². The topological polar surface area (TPSA) is 67.3 Å². The molecule has 3 rings (SSSR count). The molecule has 0 spiro atoms. The number of nitrogens with zero attached hydrogens (tertiary/aromatic N) is 3. The van der Waals surface area contributed by atoms with Crippen molar-refractivity contribution in [2.24, 2.45) is 0 Å². The molecule has 1 N–H and O–H groups in total. The Morgan fingerprint density at radius 1 is 1.15 bits per heavy atom. The summed E-state index contributed by atoms with van der Waals surface area (Å²) in [5.74, 6) is -1.23. The largest absolute Gasteiger partial charge is 0.467 e. The average Bonchev–Trinajstić information content (AvgIpc) is 2.91. The minimum atomic E-state index is -0.843. The first kappa shape index (κ1) is 19.0. The summed E-state index contributed by atoms with van der Waals surface area (Å²) in [6.45, 7) is 3.29. The summed E-state index contributed by atoms with van der Waals surface area (Å²) < 4.78 is 32.0. The maximum Gasteiger partial charge on any atom is 0.262 e. The second kappa shape index (κ2) is 8.75. The third-order valence-corrected chi connectivity index (χ3v) is 4.26. The highest BCUT2D eigenvalue weighted by atomic mass is 19.1. The Balaban J connectivity index is 1.62. The molecular weight excluding hydrogens is 354 g/mol. The number of anilines is 2. The number of benzene rings is 1. The molecule has 27 heavy (non-hydrogen) atoms. The molecule has 1 amide bonds. The van der Waals surface area contributed by atoms with Gasteiger partial charge in [-0.2, -0.15) is 4.98 Å². The predicted molar refractivity (Wildman–Crippen MR) is 97.9 cm³/mol. The lowest BCUT2D eigenvalue weighted by atomic mass is 10.2. The quantitative estimate of drug-likeness (QED) is 0.866. The summed E-state index contributed by atoms with van der Waals surface area (Å²) in [7, 11) is 0. The molecule has 144 valence electrons. The minimum absolute atomic E-state index is 0.103. The zero-order valence-corrected chi connectivity index (χ0v) is 15.2. The smallest absolute Gasteiger partial charge is 0.262 e. The van der Waals surface area contributed by atoms with E-state index in [9.17, 15) is 13.6 Å². The highest BCUT2D eigenvalue weighted by Crippen LogP contribution is 2.20. The number of halogens is 2. The van der Waals surface area contributed by atoms with Crippen molar-refractivity contribution in [3.05, 3.63) is 41.6 Å². The van der Waals surface area contributed by atoms with Crippen molar-refractivity contribution in [2.45, 2.75) is 32.6 Å². The number of aryl methyl sites for hydroxylation is 1. The normalized spacial score (nSPS) is 14.6. The van der Waals surface area contributed by atoms with Crippen LogP contribution in [-0.2, 0) is 4.79 Å². The maximum atomic E-state index is 13.6. The second-order valence-electron chi connectivity index (χ2n) is 6.51. The number of hydrogen-bond acceptors (Lipinski definition) is 5. The molecule has 2 heterocycles. The lowest BCUT2D eigenvalue weighted by molar-refractivity contribution is -0.118. The summed E-state index contributed by atoms with van der Waals surface area (Å²) in [4.78, 5) is 23.0. The van der Waals surface area contributed by atoms with Crippen molar-refractivity contribution >= 4 is 17.5 Å². The van der Waals surface area contributed by atoms with Crippen LogP contribution in [0.5, 0.6) is 5.88 Å². The Morgan fingerprint density at radius 2 is 1.89 bits per heavy atom. The van der Waals surface area contributed by atoms with Gasteiger partial charge in [0.05, 0.1) is 5.69 Å². The van der Waals surface area contributed by atoms with Crippen LogP contribution in [0.1, 0.15) is 31.4 Å². The zero-order chi connectivity index (χ0) is 19.2. The molecule has 8 heteroatoms. The predicted octanol–water partition coefficient (Wildman–Crippen LogP) is 3.46. The number of carbonyl (C=O) groups excluding carboxylic acids is 1. The number of nitrogens with one attached hydrogen (secondary N) is 1. The molecule has 1 fully saturated rings. The molecule has 1 aliphatic heterocycles. The monoisotopic (exact) mass is 376 g/mol. The SMILES string of the molecule is Cc1cc(OCC(=O)Nc2ccc(F)cc2F)nc(N2CCCCCC2)n1. The fourth-order valence-corrected chi connectivity index (χ4v) is 2.93. The highest BCUT2D eigenvalue weighted by molar-refractivity contribution is 5.91. The van der Waals surface area contributed by atoms with Gasteiger partial charge in [0.15, 0.2) is 6.61 Å². The molecule has 0 atom stereocenters. The van der Waals surface area contributed by atoms with E-state index >= 15 is 0 Å². The number of ether oxygens (including phenoxy) is 1. The molecule has 0 aliphatic carbocycles. The van der Waals surface area contributed by atoms with E-state index < -0.39 is 17.5 Å². The molecule has 6 nitrogen and oxygen atoms in total. The highest BCUT2D eigenvalue weighted by Gasteiger charge is 2.15. The van der Waals surface area contributed by atoms with Gasteiger partial charge in [-0.05, 0) is 31.9 Å². The van der Waals surface area contributed by atoms with Gasteiger partial charge in [0.1, 0.15) is 11.6 Å². The molecule has 0 bridgehead atoms.